The van der Waals surface area contributed by atoms with Crippen LogP contribution in [0, 0.1) is 0 Å². The quantitative estimate of drug-likeness (QED) is 0.236. The van der Waals surface area contributed by atoms with Crippen molar-refractivity contribution in [2.24, 2.45) is 0 Å². The van der Waals surface area contributed by atoms with Gasteiger partial charge >= 0.3 is 0 Å². The molecule has 2 aliphatic carbocycles. The smallest absolute Gasteiger partial charge is 0.0804 e. The van der Waals surface area contributed by atoms with Gasteiger partial charge < -0.3 is 0 Å². The molecule has 4 aromatic carbocycles. The summed E-state index contributed by atoms with van der Waals surface area (Å²) < 4.78 is 0. The summed E-state index contributed by atoms with van der Waals surface area (Å²) in [5, 5.41) is -0.157. The van der Waals surface area contributed by atoms with Crippen molar-refractivity contribution >= 4 is 34.3 Å². The second kappa shape index (κ2) is 9.43. The summed E-state index contributed by atoms with van der Waals surface area (Å²) in [6, 6.07) is 34.4. The highest BCUT2D eigenvalue weighted by Gasteiger charge is 2.32. The van der Waals surface area contributed by atoms with E-state index in [1.54, 1.807) is 0 Å². The van der Waals surface area contributed by atoms with Crippen LogP contribution >= 0.6 is 23.2 Å². The molecule has 0 saturated heterocycles. The highest BCUT2D eigenvalue weighted by molar-refractivity contribution is 6.25. The number of hydrogen-bond donors (Lipinski definition) is 0. The molecule has 0 aliphatic heterocycles. The van der Waals surface area contributed by atoms with Gasteiger partial charge in [0.15, 0.2) is 0 Å². The second-order valence-corrected chi connectivity index (χ2v) is 10.7. The summed E-state index contributed by atoms with van der Waals surface area (Å²) >= 11 is 14.0. The Kier molecular flexibility index (Phi) is 6.12. The van der Waals surface area contributed by atoms with Gasteiger partial charge in [-0.2, -0.15) is 0 Å². The van der Waals surface area contributed by atoms with Crippen molar-refractivity contribution in [3.05, 3.63) is 130 Å². The zero-order valence-corrected chi connectivity index (χ0v) is 22.1. The minimum Gasteiger partial charge on any atom is -0.113 e. The first-order valence-electron chi connectivity index (χ1n) is 12.6. The first-order chi connectivity index (χ1) is 17.6. The van der Waals surface area contributed by atoms with Crippen molar-refractivity contribution in [3.63, 3.8) is 0 Å². The van der Waals surface area contributed by atoms with Crippen molar-refractivity contribution in [3.8, 4) is 22.3 Å². The Labute approximate surface area is 223 Å². The lowest BCUT2D eigenvalue weighted by Gasteiger charge is -2.16. The maximum atomic E-state index is 6.99. The van der Waals surface area contributed by atoms with Crippen LogP contribution in [-0.2, 0) is 0 Å². The second-order valence-electron chi connectivity index (χ2n) is 9.82. The highest BCUT2D eigenvalue weighted by atomic mass is 35.5. The van der Waals surface area contributed by atoms with Crippen molar-refractivity contribution in [2.75, 3.05) is 0 Å². The summed E-state index contributed by atoms with van der Waals surface area (Å²) in [5.41, 5.74) is 15.4. The largest absolute Gasteiger partial charge is 0.113 e. The Bertz CT molecular complexity index is 1390. The SMILES string of the molecule is CC1=C(CCC2=C(C)C(Cl)c3cccc(-c4ccccc4)c32)c2c(-c3ccccc3)cccc2C1Cl. The van der Waals surface area contributed by atoms with E-state index in [-0.39, 0.29) is 10.8 Å². The van der Waals surface area contributed by atoms with Gasteiger partial charge in [-0.25, -0.2) is 0 Å². The molecule has 0 heterocycles. The van der Waals surface area contributed by atoms with E-state index in [9.17, 15) is 0 Å². The van der Waals surface area contributed by atoms with Crippen molar-refractivity contribution in [2.45, 2.75) is 37.4 Å². The average molecular weight is 508 g/mol. The van der Waals surface area contributed by atoms with Crippen LogP contribution in [0.1, 0.15) is 59.7 Å². The predicted octanol–water partition coefficient (Wildman–Crippen LogP) is 10.6. The Morgan fingerprint density at radius 3 is 1.28 bits per heavy atom. The average Bonchev–Trinajstić information content (AvgIpc) is 3.32. The van der Waals surface area contributed by atoms with E-state index in [1.807, 2.05) is 0 Å². The van der Waals surface area contributed by atoms with Crippen LogP contribution in [-0.4, -0.2) is 0 Å². The molecule has 2 unspecified atom stereocenters. The number of benzene rings is 4. The number of allylic oxidation sites excluding steroid dienone is 4. The Balaban J connectivity index is 1.41. The standard InChI is InChI=1S/C34H28Cl2/c1-21-25(31-27(23-11-5-3-6-12-23)15-9-17-29(31)33(21)35)19-20-26-22(2)34(36)30-18-10-16-28(32(26)30)24-13-7-4-8-14-24/h3-18,33-34H,19-20H2,1-2H3. The lowest BCUT2D eigenvalue weighted by atomic mass is 9.88. The van der Waals surface area contributed by atoms with Crippen LogP contribution < -0.4 is 0 Å². The molecule has 4 aromatic rings. The van der Waals surface area contributed by atoms with Crippen molar-refractivity contribution in [1.29, 1.82) is 0 Å². The van der Waals surface area contributed by atoms with Gasteiger partial charge in [0.25, 0.3) is 0 Å². The van der Waals surface area contributed by atoms with E-state index >= 15 is 0 Å². The predicted molar refractivity (Wildman–Crippen MR) is 155 cm³/mol. The third-order valence-electron chi connectivity index (χ3n) is 7.85. The number of alkyl halides is 2. The van der Waals surface area contributed by atoms with Gasteiger partial charge in [0.2, 0.25) is 0 Å². The third kappa shape index (κ3) is 3.76. The van der Waals surface area contributed by atoms with Crippen LogP contribution in [0.4, 0.5) is 0 Å². The van der Waals surface area contributed by atoms with Gasteiger partial charge in [-0.1, -0.05) is 97.1 Å². The molecule has 0 aromatic heterocycles. The summed E-state index contributed by atoms with van der Waals surface area (Å²) in [6.07, 6.45) is 1.87. The normalized spacial score (nSPS) is 18.6. The molecule has 0 amide bonds. The van der Waals surface area contributed by atoms with E-state index in [0.29, 0.717) is 0 Å². The fourth-order valence-electron chi connectivity index (χ4n) is 6.01. The first-order valence-corrected chi connectivity index (χ1v) is 13.5. The van der Waals surface area contributed by atoms with E-state index < -0.39 is 0 Å². The maximum absolute atomic E-state index is 6.99. The van der Waals surface area contributed by atoms with E-state index in [4.69, 9.17) is 23.2 Å². The molecular formula is C34H28Cl2. The zero-order valence-electron chi connectivity index (χ0n) is 20.6. The Morgan fingerprint density at radius 2 is 0.889 bits per heavy atom. The van der Waals surface area contributed by atoms with E-state index in [1.165, 1.54) is 66.8 Å². The fourth-order valence-corrected chi connectivity index (χ4v) is 6.64. The zero-order chi connectivity index (χ0) is 24.8. The monoisotopic (exact) mass is 506 g/mol. The summed E-state index contributed by atoms with van der Waals surface area (Å²) in [4.78, 5) is 0. The summed E-state index contributed by atoms with van der Waals surface area (Å²) in [7, 11) is 0. The minimum atomic E-state index is -0.0785. The van der Waals surface area contributed by atoms with Gasteiger partial charge in [-0.15, -0.1) is 23.2 Å². The molecule has 0 bridgehead atoms. The Hall–Kier alpha value is -3.06. The van der Waals surface area contributed by atoms with Crippen LogP contribution in [0.15, 0.2) is 108 Å². The van der Waals surface area contributed by atoms with Crippen LogP contribution in [0.3, 0.4) is 0 Å². The van der Waals surface area contributed by atoms with Gasteiger partial charge in [-0.05, 0) is 93.5 Å². The van der Waals surface area contributed by atoms with Crippen molar-refractivity contribution in [1.82, 2.24) is 0 Å². The van der Waals surface area contributed by atoms with E-state index in [0.717, 1.165) is 12.8 Å². The van der Waals surface area contributed by atoms with Crippen LogP contribution in [0.5, 0.6) is 0 Å². The number of hydrogen-bond acceptors (Lipinski definition) is 0. The lowest BCUT2D eigenvalue weighted by molar-refractivity contribution is 1.06. The van der Waals surface area contributed by atoms with Gasteiger partial charge in [0.05, 0.1) is 10.8 Å². The molecule has 0 N–H and O–H groups in total. The number of halogens is 2. The van der Waals surface area contributed by atoms with Crippen LogP contribution in [0.25, 0.3) is 33.4 Å². The van der Waals surface area contributed by atoms with Crippen LogP contribution in [0.2, 0.25) is 0 Å². The van der Waals surface area contributed by atoms with Gasteiger partial charge in [0.1, 0.15) is 0 Å². The summed E-state index contributed by atoms with van der Waals surface area (Å²) in [5.74, 6) is 0. The molecule has 0 radical (unpaired) electrons. The van der Waals surface area contributed by atoms with Crippen molar-refractivity contribution < 1.29 is 0 Å². The van der Waals surface area contributed by atoms with Gasteiger partial charge in [-0.3, -0.25) is 0 Å². The summed E-state index contributed by atoms with van der Waals surface area (Å²) in [6.45, 7) is 4.40. The minimum absolute atomic E-state index is 0.0785. The molecule has 178 valence electrons. The molecule has 0 nitrogen and oxygen atoms in total. The first kappa shape index (κ1) is 23.3. The molecule has 2 atom stereocenters. The molecule has 36 heavy (non-hydrogen) atoms. The highest BCUT2D eigenvalue weighted by Crippen LogP contribution is 2.53. The molecule has 2 heteroatoms. The lowest BCUT2D eigenvalue weighted by Crippen LogP contribution is -1.94. The van der Waals surface area contributed by atoms with E-state index in [2.05, 4.69) is 111 Å². The number of rotatable bonds is 5. The molecular weight excluding hydrogens is 479 g/mol. The number of fused-ring (bicyclic) bond motifs is 2. The maximum Gasteiger partial charge on any atom is 0.0804 e. The topological polar surface area (TPSA) is 0 Å². The van der Waals surface area contributed by atoms with Gasteiger partial charge in [0, 0.05) is 0 Å². The fraction of sp³-hybridized carbons (Fsp3) is 0.176. The molecule has 0 fully saturated rings. The molecule has 6 rings (SSSR count). The Morgan fingerprint density at radius 1 is 0.500 bits per heavy atom. The molecule has 2 aliphatic rings. The third-order valence-corrected chi connectivity index (χ3v) is 8.97. The molecule has 0 saturated carbocycles. The molecule has 0 spiro atoms.